The Kier molecular flexibility index (Phi) is 5.13. The van der Waals surface area contributed by atoms with Crippen LogP contribution in [0.25, 0.3) is 27.9 Å². The molecule has 1 saturated heterocycles. The van der Waals surface area contributed by atoms with E-state index in [1.54, 1.807) is 6.07 Å². The van der Waals surface area contributed by atoms with Crippen LogP contribution >= 0.6 is 23.2 Å². The van der Waals surface area contributed by atoms with E-state index in [0.29, 0.717) is 10.0 Å². The van der Waals surface area contributed by atoms with Gasteiger partial charge in [0.15, 0.2) is 10.6 Å². The minimum atomic E-state index is -1.13. The molecule has 1 fully saturated rings. The summed E-state index contributed by atoms with van der Waals surface area (Å²) in [6, 6.07) is 16.5. The normalized spacial score (nSPS) is 23.3. The van der Waals surface area contributed by atoms with Crippen LogP contribution in [0.4, 0.5) is 5.82 Å². The molecule has 0 radical (unpaired) electrons. The zero-order valence-electron chi connectivity index (χ0n) is 21.7. The van der Waals surface area contributed by atoms with Crippen molar-refractivity contribution in [3.63, 3.8) is 0 Å². The highest BCUT2D eigenvalue weighted by molar-refractivity contribution is 7.90. The fourth-order valence-electron chi connectivity index (χ4n) is 7.23. The van der Waals surface area contributed by atoms with Gasteiger partial charge < -0.3 is 9.45 Å². The summed E-state index contributed by atoms with van der Waals surface area (Å²) >= 11 is 11.8. The number of rotatable bonds is 2. The lowest BCUT2D eigenvalue weighted by Crippen LogP contribution is -2.52. The van der Waals surface area contributed by atoms with Crippen LogP contribution in [0.2, 0.25) is 10.0 Å². The number of nitrogens with zero attached hydrogens (tertiary/aromatic N) is 4. The van der Waals surface area contributed by atoms with E-state index in [4.69, 9.17) is 33.2 Å². The minimum Gasteiger partial charge on any atom is -0.597 e. The summed E-state index contributed by atoms with van der Waals surface area (Å²) < 4.78 is 18.6. The molecule has 0 amide bonds. The summed E-state index contributed by atoms with van der Waals surface area (Å²) in [5.74, 6) is 0.971. The first-order valence-electron chi connectivity index (χ1n) is 13.4. The Hall–Kier alpha value is -2.55. The molecule has 39 heavy (non-hydrogen) atoms. The lowest BCUT2D eigenvalue weighted by molar-refractivity contribution is 0.173. The summed E-state index contributed by atoms with van der Waals surface area (Å²) in [7, 11) is 0. The van der Waals surface area contributed by atoms with Crippen LogP contribution in [0, 0.1) is 5.41 Å². The number of nitrogens with one attached hydrogen (secondary N) is 1. The Labute approximate surface area is 240 Å². The van der Waals surface area contributed by atoms with Gasteiger partial charge in [0.05, 0.1) is 22.3 Å². The van der Waals surface area contributed by atoms with Gasteiger partial charge in [0, 0.05) is 46.6 Å². The van der Waals surface area contributed by atoms with Crippen LogP contribution in [0.3, 0.4) is 0 Å². The van der Waals surface area contributed by atoms with Crippen molar-refractivity contribution in [1.82, 2.24) is 19.1 Å². The van der Waals surface area contributed by atoms with Gasteiger partial charge in [0.25, 0.3) is 0 Å². The third-order valence-corrected chi connectivity index (χ3v) is 11.8. The van der Waals surface area contributed by atoms with E-state index in [1.807, 2.05) is 30.5 Å². The van der Waals surface area contributed by atoms with Crippen molar-refractivity contribution in [3.05, 3.63) is 81.5 Å². The molecule has 0 saturated carbocycles. The van der Waals surface area contributed by atoms with Crippen LogP contribution in [-0.4, -0.2) is 32.0 Å². The maximum atomic E-state index is 13.3. The molecule has 198 valence electrons. The molecule has 1 spiro atoms. The summed E-state index contributed by atoms with van der Waals surface area (Å²) in [5, 5.41) is 1.06. The van der Waals surface area contributed by atoms with Crippen molar-refractivity contribution in [2.24, 2.45) is 5.41 Å². The lowest BCUT2D eigenvalue weighted by atomic mass is 9.72. The molecule has 8 rings (SSSR count). The molecule has 2 aromatic carbocycles. The number of halogens is 2. The van der Waals surface area contributed by atoms with E-state index in [9.17, 15) is 4.55 Å². The first-order chi connectivity index (χ1) is 18.8. The number of piperidine rings is 1. The summed E-state index contributed by atoms with van der Waals surface area (Å²) in [6.45, 7) is 5.96. The minimum absolute atomic E-state index is 0.0658. The first-order valence-corrected chi connectivity index (χ1v) is 15.3. The van der Waals surface area contributed by atoms with Crippen molar-refractivity contribution in [2.75, 3.05) is 18.0 Å². The van der Waals surface area contributed by atoms with E-state index in [-0.39, 0.29) is 16.2 Å². The molecule has 3 aliphatic rings. The summed E-state index contributed by atoms with van der Waals surface area (Å²) in [5.41, 5.74) is 8.63. The van der Waals surface area contributed by atoms with Gasteiger partial charge in [-0.05, 0) is 62.4 Å². The second kappa shape index (κ2) is 8.24. The smallest absolute Gasteiger partial charge is 0.164 e. The molecule has 0 bridgehead atoms. The number of fused-ring (bicyclic) bond motifs is 1. The van der Waals surface area contributed by atoms with Gasteiger partial charge in [-0.25, -0.2) is 9.97 Å². The number of hydrogen-bond acceptors (Lipinski definition) is 5. The molecular weight excluding hydrogens is 549 g/mol. The predicted molar refractivity (Wildman–Crippen MR) is 158 cm³/mol. The molecule has 2 atom stereocenters. The maximum Gasteiger partial charge on any atom is 0.164 e. The molecule has 1 unspecified atom stereocenters. The Balaban J connectivity index is 1.13. The van der Waals surface area contributed by atoms with E-state index >= 15 is 0 Å². The number of hydrogen-bond donors (Lipinski definition) is 1. The van der Waals surface area contributed by atoms with Gasteiger partial charge in [-0.1, -0.05) is 53.5 Å². The highest BCUT2D eigenvalue weighted by Gasteiger charge is 2.56. The van der Waals surface area contributed by atoms with E-state index in [1.165, 1.54) is 16.7 Å². The largest absolute Gasteiger partial charge is 0.597 e. The molecule has 5 heterocycles. The van der Waals surface area contributed by atoms with Crippen LogP contribution in [0.15, 0.2) is 54.7 Å². The van der Waals surface area contributed by atoms with Gasteiger partial charge >= 0.3 is 0 Å². The molecule has 9 heteroatoms. The Morgan fingerprint density at radius 1 is 1.03 bits per heavy atom. The topological polar surface area (TPSA) is 68.5 Å². The quantitative estimate of drug-likeness (QED) is 0.238. The van der Waals surface area contributed by atoms with Crippen LogP contribution < -0.4 is 9.62 Å². The number of benzene rings is 2. The fourth-order valence-corrected chi connectivity index (χ4v) is 8.89. The molecule has 2 aliphatic heterocycles. The van der Waals surface area contributed by atoms with Crippen LogP contribution in [0.5, 0.6) is 0 Å². The molecule has 5 aromatic rings. The summed E-state index contributed by atoms with van der Waals surface area (Å²) in [4.78, 5) is 12.2. The predicted octanol–water partition coefficient (Wildman–Crippen LogP) is 6.68. The van der Waals surface area contributed by atoms with Crippen molar-refractivity contribution >= 4 is 57.2 Å². The Bertz CT molecular complexity index is 1780. The van der Waals surface area contributed by atoms with Gasteiger partial charge in [-0.2, -0.15) is 0 Å². The number of pyridine rings is 1. The standard InChI is InChI=1S/C30H27Cl2N5OS/c1-29(2)20-7-3-5-17-15-30(26(24(17)20)35-39(29)38)11-13-36(14-12-30)28-22-16-33-27-19(9-10-23(34-28)37(22)27)18-6-4-8-21(31)25(18)32/h3-10,16,26,35H,11-15H2,1-2H3/t26-,39?/m1/s1. The summed E-state index contributed by atoms with van der Waals surface area (Å²) in [6.07, 6.45) is 4.97. The Morgan fingerprint density at radius 3 is 2.64 bits per heavy atom. The molecule has 3 aromatic heterocycles. The lowest BCUT2D eigenvalue weighted by Gasteiger charge is -2.46. The highest BCUT2D eigenvalue weighted by atomic mass is 35.5. The van der Waals surface area contributed by atoms with Crippen LogP contribution in [-0.2, 0) is 22.5 Å². The average molecular weight is 577 g/mol. The zero-order valence-corrected chi connectivity index (χ0v) is 24.0. The second-order valence-corrected chi connectivity index (χ2v) is 14.3. The van der Waals surface area contributed by atoms with Gasteiger partial charge in [0.2, 0.25) is 0 Å². The second-order valence-electron chi connectivity index (χ2n) is 11.7. The molecule has 6 nitrogen and oxygen atoms in total. The third-order valence-electron chi connectivity index (χ3n) is 9.36. The SMILES string of the molecule is CC1(C)c2cccc3c2[C@@H](N[S+]1[O-])C1(CCN(c2nc4ccc(-c5cccc(Cl)c5Cl)c5ncc2n45)CC1)C3. The highest BCUT2D eigenvalue weighted by Crippen LogP contribution is 2.57. The van der Waals surface area contributed by atoms with Crippen molar-refractivity contribution < 1.29 is 4.55 Å². The first kappa shape index (κ1) is 24.3. The van der Waals surface area contributed by atoms with Crippen LogP contribution in [0.1, 0.15) is 49.4 Å². The number of anilines is 1. The molecule has 1 N–H and O–H groups in total. The average Bonchev–Trinajstić information content (AvgIpc) is 3.61. The van der Waals surface area contributed by atoms with E-state index in [0.717, 1.165) is 66.1 Å². The maximum absolute atomic E-state index is 13.3. The van der Waals surface area contributed by atoms with Gasteiger partial charge in [-0.3, -0.25) is 4.40 Å². The molecule has 1 aliphatic carbocycles. The number of imidazole rings is 2. The van der Waals surface area contributed by atoms with Crippen molar-refractivity contribution in [2.45, 2.75) is 43.9 Å². The zero-order chi connectivity index (χ0) is 26.7. The molecular formula is C30H27Cl2N5OS. The van der Waals surface area contributed by atoms with E-state index < -0.39 is 11.4 Å². The van der Waals surface area contributed by atoms with Crippen molar-refractivity contribution in [3.8, 4) is 11.1 Å². The van der Waals surface area contributed by atoms with Crippen molar-refractivity contribution in [1.29, 1.82) is 0 Å². The van der Waals surface area contributed by atoms with Gasteiger partial charge in [-0.15, -0.1) is 4.72 Å². The fraction of sp³-hybridized carbons (Fsp3) is 0.333. The number of aromatic nitrogens is 3. The Morgan fingerprint density at radius 2 is 1.82 bits per heavy atom. The van der Waals surface area contributed by atoms with E-state index in [2.05, 4.69) is 46.1 Å². The third kappa shape index (κ3) is 3.25. The van der Waals surface area contributed by atoms with Gasteiger partial charge in [0.1, 0.15) is 16.8 Å². The monoisotopic (exact) mass is 575 g/mol.